The monoisotopic (exact) mass is 658 g/mol. The van der Waals surface area contributed by atoms with Crippen LogP contribution < -0.4 is 18.9 Å². The quantitative estimate of drug-likeness (QED) is 0.188. The minimum atomic E-state index is -4.28. The van der Waals surface area contributed by atoms with Gasteiger partial charge in [0.1, 0.15) is 10.5 Å². The standard InChI is InChI=1S/C30H28FN3O7S3/c1-3-20(16-30-34(19-28(35)32-43(2,36)37)25-18-23(31)10-12-27(25)42-30)15-29-33(13-14-44(38,39)40)24-17-22(9-11-26(24)41-29)21-7-5-4-6-8-21/h4-12,15-18H,3,13-14,19H2,1-2H3,(H-,32,35,38,39,40)/p+1. The van der Waals surface area contributed by atoms with Crippen molar-refractivity contribution in [2.45, 2.75) is 19.9 Å². The van der Waals surface area contributed by atoms with Crippen LogP contribution in [0.3, 0.4) is 0 Å². The first kappa shape index (κ1) is 31.3. The highest BCUT2D eigenvalue weighted by Crippen LogP contribution is 2.42. The number of sulfonamides is 1. The van der Waals surface area contributed by atoms with E-state index in [0.717, 1.165) is 23.0 Å². The summed E-state index contributed by atoms with van der Waals surface area (Å²) < 4.78 is 80.7. The molecular formula is C30H29FN3O7S3+. The maximum atomic E-state index is 14.2. The topological polar surface area (TPSA) is 134 Å². The number of benzene rings is 3. The zero-order chi connectivity index (χ0) is 31.6. The second-order valence-electron chi connectivity index (χ2n) is 10.1. The molecule has 1 aliphatic heterocycles. The van der Waals surface area contributed by atoms with Gasteiger partial charge in [-0.15, -0.1) is 0 Å². The van der Waals surface area contributed by atoms with Crippen molar-refractivity contribution in [2.75, 3.05) is 23.5 Å². The number of allylic oxidation sites excluding steroid dienone is 2. The second-order valence-corrected chi connectivity index (χ2v) is 14.5. The predicted octanol–water partition coefficient (Wildman–Crippen LogP) is 4.49. The van der Waals surface area contributed by atoms with Crippen LogP contribution >= 0.6 is 11.3 Å². The van der Waals surface area contributed by atoms with Crippen LogP contribution in [-0.4, -0.2) is 45.8 Å². The van der Waals surface area contributed by atoms with Crippen molar-refractivity contribution in [2.24, 2.45) is 0 Å². The number of halogens is 1. The summed E-state index contributed by atoms with van der Waals surface area (Å²) in [5.74, 6) is -0.997. The highest BCUT2D eigenvalue weighted by atomic mass is 32.2. The molecule has 10 nitrogen and oxygen atoms in total. The molecule has 0 atom stereocenters. The van der Waals surface area contributed by atoms with E-state index in [9.17, 15) is 30.6 Å². The molecule has 3 aromatic carbocycles. The molecule has 4 aromatic rings. The van der Waals surface area contributed by atoms with Crippen molar-refractivity contribution >= 4 is 59.4 Å². The molecule has 0 radical (unpaired) electrons. The zero-order valence-corrected chi connectivity index (χ0v) is 26.2. The maximum Gasteiger partial charge on any atom is 0.299 e. The summed E-state index contributed by atoms with van der Waals surface area (Å²) >= 11 is 1.29. The van der Waals surface area contributed by atoms with Gasteiger partial charge in [-0.25, -0.2) is 17.5 Å². The first-order chi connectivity index (χ1) is 20.8. The van der Waals surface area contributed by atoms with Crippen molar-refractivity contribution in [1.82, 2.24) is 4.72 Å². The molecule has 0 spiro atoms. The summed E-state index contributed by atoms with van der Waals surface area (Å²) in [6.07, 6.45) is 4.88. The number of ether oxygens (including phenoxy) is 1. The number of fused-ring (bicyclic) bond motifs is 2. The molecule has 0 unspecified atom stereocenters. The molecule has 0 fully saturated rings. The third kappa shape index (κ3) is 7.50. The van der Waals surface area contributed by atoms with Gasteiger partial charge in [-0.1, -0.05) is 54.7 Å². The Bertz CT molecular complexity index is 2020. The van der Waals surface area contributed by atoms with E-state index < -0.39 is 37.6 Å². The van der Waals surface area contributed by atoms with Gasteiger partial charge in [0, 0.05) is 24.8 Å². The molecule has 1 aliphatic rings. The summed E-state index contributed by atoms with van der Waals surface area (Å²) in [6.45, 7) is 1.44. The molecule has 2 heterocycles. The van der Waals surface area contributed by atoms with Gasteiger partial charge in [0.05, 0.1) is 17.7 Å². The third-order valence-corrected chi connectivity index (χ3v) is 9.14. The van der Waals surface area contributed by atoms with E-state index in [4.69, 9.17) is 4.74 Å². The average Bonchev–Trinajstić information content (AvgIpc) is 3.46. The molecule has 1 aromatic heterocycles. The second kappa shape index (κ2) is 12.5. The zero-order valence-electron chi connectivity index (χ0n) is 23.7. The normalized spacial score (nSPS) is 14.6. The first-order valence-corrected chi connectivity index (χ1v) is 17.8. The molecule has 0 saturated heterocycles. The lowest BCUT2D eigenvalue weighted by Gasteiger charge is -2.18. The lowest BCUT2D eigenvalue weighted by molar-refractivity contribution is -0.655. The van der Waals surface area contributed by atoms with Crippen LogP contribution in [0.4, 0.5) is 10.1 Å². The van der Waals surface area contributed by atoms with E-state index in [-0.39, 0.29) is 13.1 Å². The Kier molecular flexibility index (Phi) is 8.88. The Morgan fingerprint density at radius 3 is 2.50 bits per heavy atom. The van der Waals surface area contributed by atoms with Crippen LogP contribution in [0.1, 0.15) is 18.4 Å². The van der Waals surface area contributed by atoms with Gasteiger partial charge >= 0.3 is 0 Å². The Morgan fingerprint density at radius 2 is 1.82 bits per heavy atom. The number of thiazole rings is 1. The maximum absolute atomic E-state index is 14.2. The Labute approximate surface area is 258 Å². The summed E-state index contributed by atoms with van der Waals surface area (Å²) in [6, 6.07) is 19.4. The number of carbonyl (C=O) groups excluding carboxylic acids is 1. The van der Waals surface area contributed by atoms with E-state index in [1.165, 1.54) is 28.0 Å². The number of nitrogens with one attached hydrogen (secondary N) is 1. The molecular weight excluding hydrogens is 630 g/mol. The van der Waals surface area contributed by atoms with Gasteiger partial charge in [0.2, 0.25) is 28.0 Å². The number of rotatable bonds is 10. The van der Waals surface area contributed by atoms with Crippen LogP contribution in [0.25, 0.3) is 27.4 Å². The van der Waals surface area contributed by atoms with Crippen molar-refractivity contribution in [3.63, 3.8) is 0 Å². The lowest BCUT2D eigenvalue weighted by Crippen LogP contribution is -2.45. The van der Waals surface area contributed by atoms with Crippen LogP contribution in [0, 0.1) is 5.82 Å². The van der Waals surface area contributed by atoms with Crippen LogP contribution in [-0.2, 0) is 31.5 Å². The van der Waals surface area contributed by atoms with Gasteiger partial charge in [-0.2, -0.15) is 13.0 Å². The number of amides is 1. The van der Waals surface area contributed by atoms with Gasteiger partial charge in [0.25, 0.3) is 21.0 Å². The van der Waals surface area contributed by atoms with Gasteiger partial charge in [-0.3, -0.25) is 9.35 Å². The third-order valence-electron chi connectivity index (χ3n) is 6.73. The van der Waals surface area contributed by atoms with E-state index >= 15 is 0 Å². The number of nitrogens with zero attached hydrogens (tertiary/aromatic N) is 2. The highest BCUT2D eigenvalue weighted by Gasteiger charge is 2.29. The van der Waals surface area contributed by atoms with Gasteiger partial charge in [0.15, 0.2) is 5.75 Å². The van der Waals surface area contributed by atoms with Crippen LogP contribution in [0.15, 0.2) is 84.3 Å². The molecule has 230 valence electrons. The van der Waals surface area contributed by atoms with Crippen LogP contribution in [0.2, 0.25) is 0 Å². The minimum absolute atomic E-state index is 0.0826. The van der Waals surface area contributed by atoms with Crippen molar-refractivity contribution < 1.29 is 39.9 Å². The summed E-state index contributed by atoms with van der Waals surface area (Å²) in [7, 11) is -8.09. The van der Waals surface area contributed by atoms with E-state index in [2.05, 4.69) is 0 Å². The van der Waals surface area contributed by atoms with Gasteiger partial charge in [-0.05, 0) is 47.4 Å². The molecule has 0 bridgehead atoms. The largest absolute Gasteiger partial charge is 0.439 e. The fraction of sp³-hybridized carbons (Fsp3) is 0.200. The lowest BCUT2D eigenvalue weighted by atomic mass is 10.0. The Balaban J connectivity index is 1.56. The number of hydrogen-bond donors (Lipinski definition) is 2. The van der Waals surface area contributed by atoms with Crippen molar-refractivity contribution in [3.05, 3.63) is 95.1 Å². The molecule has 44 heavy (non-hydrogen) atoms. The number of carbonyl (C=O) groups is 1. The highest BCUT2D eigenvalue weighted by molar-refractivity contribution is 7.89. The summed E-state index contributed by atoms with van der Waals surface area (Å²) in [5.41, 5.74) is 3.62. The van der Waals surface area contributed by atoms with Crippen molar-refractivity contribution in [3.8, 4) is 16.9 Å². The molecule has 5 rings (SSSR count). The minimum Gasteiger partial charge on any atom is -0.439 e. The predicted molar refractivity (Wildman–Crippen MR) is 168 cm³/mol. The summed E-state index contributed by atoms with van der Waals surface area (Å²) in [5, 5.41) is 0.550. The van der Waals surface area contributed by atoms with Gasteiger partial charge < -0.3 is 9.64 Å². The van der Waals surface area contributed by atoms with E-state index in [0.29, 0.717) is 39.0 Å². The average molecular weight is 659 g/mol. The fourth-order valence-corrected chi connectivity index (χ4v) is 6.76. The van der Waals surface area contributed by atoms with Crippen molar-refractivity contribution in [1.29, 1.82) is 0 Å². The summed E-state index contributed by atoms with van der Waals surface area (Å²) in [4.78, 5) is 14.2. The fourth-order valence-electron chi connectivity index (χ4n) is 4.75. The smallest absolute Gasteiger partial charge is 0.299 e. The molecule has 14 heteroatoms. The number of anilines is 1. The SMILES string of the molecule is CCC(=Cc1sc2ccc(F)cc2[n+]1CC(=O)NS(C)(=O)=O)C=C1Oc2ccc(-c3ccccc3)cc2N1CCS(=O)(=O)O. The van der Waals surface area contributed by atoms with E-state index in [1.54, 1.807) is 29.2 Å². The van der Waals surface area contributed by atoms with Crippen LogP contribution in [0.5, 0.6) is 5.75 Å². The first-order valence-electron chi connectivity index (χ1n) is 13.4. The molecule has 0 aliphatic carbocycles. The van der Waals surface area contributed by atoms with E-state index in [1.807, 2.05) is 54.1 Å². The number of hydrogen-bond acceptors (Lipinski definition) is 8. The Hall–Kier alpha value is -4.11. The molecule has 1 amide bonds. The number of aromatic nitrogens is 1. The molecule has 0 saturated carbocycles. The Morgan fingerprint density at radius 1 is 1.07 bits per heavy atom. The molecule has 2 N–H and O–H groups in total.